The van der Waals surface area contributed by atoms with Crippen molar-refractivity contribution in [1.29, 1.82) is 0 Å². The zero-order valence-corrected chi connectivity index (χ0v) is 10.2. The number of hydrogen-bond acceptors (Lipinski definition) is 3. The maximum atomic E-state index is 6.08. The van der Waals surface area contributed by atoms with E-state index in [4.69, 9.17) is 17.3 Å². The maximum absolute atomic E-state index is 6.08. The first-order valence-electron chi connectivity index (χ1n) is 3.83. The first-order valence-corrected chi connectivity index (χ1v) is 5.82. The third-order valence-corrected chi connectivity index (χ3v) is 3.39. The molecule has 1 heterocycles. The second-order valence-corrected chi connectivity index (χ2v) is 5.07. The summed E-state index contributed by atoms with van der Waals surface area (Å²) in [6.45, 7) is 0. The second kappa shape index (κ2) is 3.88. The van der Waals surface area contributed by atoms with Gasteiger partial charge in [-0.15, -0.1) is 0 Å². The summed E-state index contributed by atoms with van der Waals surface area (Å²) in [7, 11) is 0. The predicted octanol–water partition coefficient (Wildman–Crippen LogP) is 3.81. The normalized spacial score (nSPS) is 10.4. The molecule has 2 aromatic rings. The molecule has 2 N–H and O–H groups in total. The number of aromatic nitrogens is 1. The average molecular weight is 290 g/mol. The van der Waals surface area contributed by atoms with Crippen molar-refractivity contribution in [2.45, 2.75) is 0 Å². The van der Waals surface area contributed by atoms with Crippen LogP contribution < -0.4 is 5.73 Å². The van der Waals surface area contributed by atoms with Crippen molar-refractivity contribution in [2.75, 3.05) is 5.73 Å². The van der Waals surface area contributed by atoms with Crippen LogP contribution >= 0.6 is 38.9 Å². The van der Waals surface area contributed by atoms with Crippen LogP contribution in [0.3, 0.4) is 0 Å². The van der Waals surface area contributed by atoms with Crippen LogP contribution in [0.4, 0.5) is 5.13 Å². The van der Waals surface area contributed by atoms with Crippen LogP contribution in [0.25, 0.3) is 10.4 Å². The molecule has 0 aliphatic rings. The number of hydrogen-bond donors (Lipinski definition) is 1. The molecule has 0 radical (unpaired) electrons. The van der Waals surface area contributed by atoms with Crippen LogP contribution in [-0.2, 0) is 0 Å². The molecular weight excluding hydrogens is 284 g/mol. The van der Waals surface area contributed by atoms with E-state index >= 15 is 0 Å². The molecule has 0 atom stereocenters. The Morgan fingerprint density at radius 1 is 1.43 bits per heavy atom. The number of thiazole rings is 1. The van der Waals surface area contributed by atoms with Gasteiger partial charge in [-0.05, 0) is 12.1 Å². The third kappa shape index (κ3) is 1.92. The lowest BCUT2D eigenvalue weighted by Gasteiger charge is -2.00. The Morgan fingerprint density at radius 2 is 2.21 bits per heavy atom. The van der Waals surface area contributed by atoms with Gasteiger partial charge >= 0.3 is 0 Å². The lowest BCUT2D eigenvalue weighted by atomic mass is 10.2. The number of anilines is 1. The van der Waals surface area contributed by atoms with Crippen LogP contribution in [0, 0.1) is 0 Å². The highest BCUT2D eigenvalue weighted by molar-refractivity contribution is 9.10. The first-order chi connectivity index (χ1) is 6.66. The van der Waals surface area contributed by atoms with Gasteiger partial charge in [0, 0.05) is 16.2 Å². The van der Waals surface area contributed by atoms with Gasteiger partial charge in [0.25, 0.3) is 0 Å². The van der Waals surface area contributed by atoms with Gasteiger partial charge in [0.1, 0.15) is 0 Å². The van der Waals surface area contributed by atoms with E-state index in [2.05, 4.69) is 20.9 Å². The fourth-order valence-corrected chi connectivity index (χ4v) is 2.66. The quantitative estimate of drug-likeness (QED) is 0.867. The number of rotatable bonds is 1. The van der Waals surface area contributed by atoms with E-state index in [0.717, 1.165) is 14.9 Å². The number of benzene rings is 1. The minimum atomic E-state index is 0.555. The molecule has 1 aromatic heterocycles. The van der Waals surface area contributed by atoms with Gasteiger partial charge in [-0.2, -0.15) is 0 Å². The molecule has 0 fully saturated rings. The van der Waals surface area contributed by atoms with Gasteiger partial charge < -0.3 is 5.73 Å². The van der Waals surface area contributed by atoms with E-state index < -0.39 is 0 Å². The molecule has 2 nitrogen and oxygen atoms in total. The Balaban J connectivity index is 2.52. The number of nitrogen functional groups attached to an aromatic ring is 1. The maximum Gasteiger partial charge on any atom is 0.180 e. The fraction of sp³-hybridized carbons (Fsp3) is 0. The lowest BCUT2D eigenvalue weighted by Crippen LogP contribution is -1.77. The van der Waals surface area contributed by atoms with E-state index in [1.54, 1.807) is 6.20 Å². The first kappa shape index (κ1) is 9.96. The Kier molecular flexibility index (Phi) is 2.76. The molecule has 72 valence electrons. The second-order valence-electron chi connectivity index (χ2n) is 2.69. The zero-order valence-electron chi connectivity index (χ0n) is 7.00. The molecule has 1 aromatic carbocycles. The van der Waals surface area contributed by atoms with E-state index in [0.29, 0.717) is 10.2 Å². The Bertz CT molecular complexity index is 470. The van der Waals surface area contributed by atoms with Crippen LogP contribution in [0.15, 0.2) is 28.9 Å². The van der Waals surface area contributed by atoms with E-state index in [-0.39, 0.29) is 0 Å². The monoisotopic (exact) mass is 288 g/mol. The van der Waals surface area contributed by atoms with Crippen LogP contribution in [0.1, 0.15) is 0 Å². The van der Waals surface area contributed by atoms with Crippen molar-refractivity contribution in [1.82, 2.24) is 4.98 Å². The molecule has 0 amide bonds. The molecule has 2 rings (SSSR count). The summed E-state index contributed by atoms with van der Waals surface area (Å²) in [5.74, 6) is 0. The van der Waals surface area contributed by atoms with Crippen molar-refractivity contribution in [3.05, 3.63) is 33.9 Å². The summed E-state index contributed by atoms with van der Waals surface area (Å²) in [6, 6.07) is 5.74. The average Bonchev–Trinajstić information content (AvgIpc) is 2.51. The largest absolute Gasteiger partial charge is 0.375 e. The van der Waals surface area contributed by atoms with Crippen LogP contribution in [-0.4, -0.2) is 4.98 Å². The summed E-state index contributed by atoms with van der Waals surface area (Å²) in [6.07, 6.45) is 1.73. The molecule has 0 saturated carbocycles. The Hall–Kier alpha value is -0.580. The van der Waals surface area contributed by atoms with E-state index in [1.807, 2.05) is 18.2 Å². The molecule has 0 aliphatic heterocycles. The van der Waals surface area contributed by atoms with E-state index in [9.17, 15) is 0 Å². The highest BCUT2D eigenvalue weighted by atomic mass is 79.9. The summed E-state index contributed by atoms with van der Waals surface area (Å²) >= 11 is 10.9. The third-order valence-electron chi connectivity index (χ3n) is 1.72. The van der Waals surface area contributed by atoms with Gasteiger partial charge in [-0.1, -0.05) is 44.9 Å². The standard InChI is InChI=1S/C9H6BrClN2S/c10-5-1-2-6(7(11)3-5)8-4-13-9(12)14-8/h1-4H,(H2,12,13). The predicted molar refractivity (Wildman–Crippen MR) is 64.7 cm³/mol. The lowest BCUT2D eigenvalue weighted by molar-refractivity contribution is 1.42. The summed E-state index contributed by atoms with van der Waals surface area (Å²) in [4.78, 5) is 4.97. The summed E-state index contributed by atoms with van der Waals surface area (Å²) in [5.41, 5.74) is 6.51. The van der Waals surface area contributed by atoms with E-state index in [1.165, 1.54) is 11.3 Å². The Morgan fingerprint density at radius 3 is 2.79 bits per heavy atom. The Labute approximate surface area is 98.9 Å². The summed E-state index contributed by atoms with van der Waals surface area (Å²) < 4.78 is 0.962. The van der Waals surface area contributed by atoms with Crippen molar-refractivity contribution in [2.24, 2.45) is 0 Å². The molecule has 0 bridgehead atoms. The van der Waals surface area contributed by atoms with Crippen LogP contribution in [0.2, 0.25) is 5.02 Å². The fourth-order valence-electron chi connectivity index (χ4n) is 1.10. The molecule has 0 saturated heterocycles. The number of nitrogens with zero attached hydrogens (tertiary/aromatic N) is 1. The van der Waals surface area contributed by atoms with Crippen LogP contribution in [0.5, 0.6) is 0 Å². The van der Waals surface area contributed by atoms with Gasteiger partial charge in [0.05, 0.1) is 9.90 Å². The molecule has 0 aliphatic carbocycles. The smallest absolute Gasteiger partial charge is 0.180 e. The SMILES string of the molecule is Nc1ncc(-c2ccc(Br)cc2Cl)s1. The van der Waals surface area contributed by atoms with Crippen molar-refractivity contribution < 1.29 is 0 Å². The van der Waals surface area contributed by atoms with Crippen molar-refractivity contribution in [3.8, 4) is 10.4 Å². The van der Waals surface area contributed by atoms with Crippen molar-refractivity contribution in [3.63, 3.8) is 0 Å². The van der Waals surface area contributed by atoms with Gasteiger partial charge in [0.2, 0.25) is 0 Å². The number of nitrogens with two attached hydrogens (primary N) is 1. The van der Waals surface area contributed by atoms with Crippen molar-refractivity contribution >= 4 is 44.0 Å². The van der Waals surface area contributed by atoms with Gasteiger partial charge in [-0.3, -0.25) is 0 Å². The molecule has 5 heteroatoms. The van der Waals surface area contributed by atoms with Gasteiger partial charge in [0.15, 0.2) is 5.13 Å². The molecule has 14 heavy (non-hydrogen) atoms. The highest BCUT2D eigenvalue weighted by Gasteiger charge is 2.06. The minimum absolute atomic E-state index is 0.555. The number of halogens is 2. The van der Waals surface area contributed by atoms with Gasteiger partial charge in [-0.25, -0.2) is 4.98 Å². The zero-order chi connectivity index (χ0) is 10.1. The highest BCUT2D eigenvalue weighted by Crippen LogP contribution is 2.34. The minimum Gasteiger partial charge on any atom is -0.375 e. The summed E-state index contributed by atoms with van der Waals surface area (Å²) in [5, 5.41) is 1.25. The topological polar surface area (TPSA) is 38.9 Å². The molecule has 0 unspecified atom stereocenters. The molecular formula is C9H6BrClN2S. The molecule has 0 spiro atoms.